The van der Waals surface area contributed by atoms with Crippen LogP contribution >= 0.6 is 23.1 Å². The number of nitrogens with zero attached hydrogens (tertiary/aromatic N) is 4. The van der Waals surface area contributed by atoms with Crippen molar-refractivity contribution in [1.82, 2.24) is 19.7 Å². The molecule has 2 unspecified atom stereocenters. The minimum atomic E-state index is -3.05. The first kappa shape index (κ1) is 24.7. The van der Waals surface area contributed by atoms with E-state index < -0.39 is 9.84 Å². The standard InChI is InChI=1S/C23H34N4O3S3/c1-3-17(2)26(19-11-13-33(29,30)16-19)22(28)15-32-23-25-24-21(14-20-10-7-12-31-20)27(23)18-8-5-4-6-9-18/h7,10,12,17-19H,3-6,8-9,11,13-16H2,1-2H3. The lowest BCUT2D eigenvalue weighted by Crippen LogP contribution is -2.47. The molecule has 0 N–H and O–H groups in total. The smallest absolute Gasteiger partial charge is 0.233 e. The average molecular weight is 511 g/mol. The van der Waals surface area contributed by atoms with Gasteiger partial charge in [-0.2, -0.15) is 0 Å². The van der Waals surface area contributed by atoms with Gasteiger partial charge in [0.1, 0.15) is 5.82 Å². The van der Waals surface area contributed by atoms with Crippen molar-refractivity contribution in [2.75, 3.05) is 17.3 Å². The molecule has 1 saturated carbocycles. The van der Waals surface area contributed by atoms with Crippen LogP contribution in [-0.4, -0.2) is 63.3 Å². The maximum atomic E-state index is 13.3. The molecule has 2 atom stereocenters. The van der Waals surface area contributed by atoms with Crippen LogP contribution in [-0.2, 0) is 21.1 Å². The summed E-state index contributed by atoms with van der Waals surface area (Å²) in [7, 11) is -3.05. The predicted octanol–water partition coefficient (Wildman–Crippen LogP) is 4.34. The Morgan fingerprint density at radius 2 is 2.06 bits per heavy atom. The second-order valence-electron chi connectivity index (χ2n) is 9.22. The van der Waals surface area contributed by atoms with Crippen LogP contribution in [0.25, 0.3) is 0 Å². The molecule has 182 valence electrons. The van der Waals surface area contributed by atoms with Crippen LogP contribution in [0.4, 0.5) is 0 Å². The molecule has 2 fully saturated rings. The number of thioether (sulfide) groups is 1. The van der Waals surface area contributed by atoms with Crippen LogP contribution < -0.4 is 0 Å². The van der Waals surface area contributed by atoms with Crippen molar-refractivity contribution < 1.29 is 13.2 Å². The quantitative estimate of drug-likeness (QED) is 0.467. The molecule has 1 amide bonds. The lowest BCUT2D eigenvalue weighted by molar-refractivity contribution is -0.132. The molecule has 1 aliphatic heterocycles. The number of carbonyl (C=O) groups is 1. The van der Waals surface area contributed by atoms with E-state index in [1.165, 1.54) is 35.9 Å². The van der Waals surface area contributed by atoms with E-state index in [0.717, 1.165) is 36.7 Å². The van der Waals surface area contributed by atoms with Crippen LogP contribution in [0.5, 0.6) is 0 Å². The van der Waals surface area contributed by atoms with E-state index in [1.54, 1.807) is 11.3 Å². The van der Waals surface area contributed by atoms with Crippen molar-refractivity contribution in [3.8, 4) is 0 Å². The van der Waals surface area contributed by atoms with Crippen molar-refractivity contribution in [1.29, 1.82) is 0 Å². The van der Waals surface area contributed by atoms with Crippen molar-refractivity contribution in [2.24, 2.45) is 0 Å². The van der Waals surface area contributed by atoms with E-state index >= 15 is 0 Å². The van der Waals surface area contributed by atoms with E-state index in [1.807, 2.05) is 18.7 Å². The molecule has 7 nitrogen and oxygen atoms in total. The van der Waals surface area contributed by atoms with Gasteiger partial charge in [0.05, 0.1) is 17.3 Å². The first-order valence-electron chi connectivity index (χ1n) is 12.0. The highest BCUT2D eigenvalue weighted by Gasteiger charge is 2.36. The van der Waals surface area contributed by atoms with E-state index in [9.17, 15) is 13.2 Å². The Kier molecular flexibility index (Phi) is 8.17. The van der Waals surface area contributed by atoms with Gasteiger partial charge < -0.3 is 9.47 Å². The molecule has 0 spiro atoms. The number of aromatic nitrogens is 3. The lowest BCUT2D eigenvalue weighted by Gasteiger charge is -2.33. The van der Waals surface area contributed by atoms with Crippen molar-refractivity contribution in [3.63, 3.8) is 0 Å². The molecule has 4 rings (SSSR count). The highest BCUT2D eigenvalue weighted by Crippen LogP contribution is 2.34. The molecule has 0 radical (unpaired) electrons. The summed E-state index contributed by atoms with van der Waals surface area (Å²) in [6.07, 6.45) is 8.03. The Morgan fingerprint density at radius 3 is 2.70 bits per heavy atom. The van der Waals surface area contributed by atoms with Crippen LogP contribution in [0.3, 0.4) is 0 Å². The number of hydrogen-bond donors (Lipinski definition) is 0. The summed E-state index contributed by atoms with van der Waals surface area (Å²) < 4.78 is 26.4. The third-order valence-electron chi connectivity index (χ3n) is 6.87. The summed E-state index contributed by atoms with van der Waals surface area (Å²) in [5, 5.41) is 11.9. The van der Waals surface area contributed by atoms with Crippen molar-refractivity contribution in [2.45, 2.75) is 88.5 Å². The fraction of sp³-hybridized carbons (Fsp3) is 0.696. The largest absolute Gasteiger partial charge is 0.335 e. The molecule has 2 aromatic rings. The Labute approximate surface area is 205 Å². The zero-order chi connectivity index (χ0) is 23.4. The minimum absolute atomic E-state index is 0.00514. The van der Waals surface area contributed by atoms with Gasteiger partial charge in [0.2, 0.25) is 5.91 Å². The zero-order valence-electron chi connectivity index (χ0n) is 19.5. The highest BCUT2D eigenvalue weighted by molar-refractivity contribution is 7.99. The van der Waals surface area contributed by atoms with Gasteiger partial charge in [-0.1, -0.05) is 44.0 Å². The van der Waals surface area contributed by atoms with Gasteiger partial charge in [-0.3, -0.25) is 4.79 Å². The van der Waals surface area contributed by atoms with Crippen LogP contribution in [0, 0.1) is 0 Å². The first-order chi connectivity index (χ1) is 15.9. The number of hydrogen-bond acceptors (Lipinski definition) is 7. The van der Waals surface area contributed by atoms with E-state index in [4.69, 9.17) is 0 Å². The van der Waals surface area contributed by atoms with Crippen molar-refractivity contribution in [3.05, 3.63) is 28.2 Å². The SMILES string of the molecule is CCC(C)N(C(=O)CSc1nnc(Cc2cccs2)n1C1CCCCC1)C1CCS(=O)(=O)C1. The third kappa shape index (κ3) is 6.00. The fourth-order valence-electron chi connectivity index (χ4n) is 5.00. The summed E-state index contributed by atoms with van der Waals surface area (Å²) >= 11 is 3.18. The van der Waals surface area contributed by atoms with Crippen LogP contribution in [0.1, 0.15) is 75.5 Å². The summed E-state index contributed by atoms with van der Waals surface area (Å²) in [6, 6.07) is 4.36. The molecule has 2 aromatic heterocycles. The first-order valence-corrected chi connectivity index (χ1v) is 15.7. The zero-order valence-corrected chi connectivity index (χ0v) is 21.9. The third-order valence-corrected chi connectivity index (χ3v) is 10.4. The number of carbonyl (C=O) groups excluding carboxylic acids is 1. The van der Waals surface area contributed by atoms with E-state index in [-0.39, 0.29) is 35.2 Å². The topological polar surface area (TPSA) is 85.2 Å². The summed E-state index contributed by atoms with van der Waals surface area (Å²) in [5.41, 5.74) is 0. The van der Waals surface area contributed by atoms with Gasteiger partial charge in [0.25, 0.3) is 0 Å². The van der Waals surface area contributed by atoms with Gasteiger partial charge in [0, 0.05) is 29.4 Å². The van der Waals surface area contributed by atoms with E-state index in [2.05, 4.69) is 32.3 Å². The molecule has 1 aliphatic carbocycles. The molecule has 10 heteroatoms. The molecular formula is C23H34N4O3S3. The van der Waals surface area contributed by atoms with Crippen molar-refractivity contribution >= 4 is 38.8 Å². The second-order valence-corrected chi connectivity index (χ2v) is 13.4. The summed E-state index contributed by atoms with van der Waals surface area (Å²) in [5.74, 6) is 1.48. The summed E-state index contributed by atoms with van der Waals surface area (Å²) in [6.45, 7) is 4.05. The Morgan fingerprint density at radius 1 is 1.27 bits per heavy atom. The number of sulfone groups is 1. The molecule has 1 saturated heterocycles. The van der Waals surface area contributed by atoms with Gasteiger partial charge in [-0.15, -0.1) is 21.5 Å². The van der Waals surface area contributed by atoms with Crippen LogP contribution in [0.15, 0.2) is 22.7 Å². The molecule has 33 heavy (non-hydrogen) atoms. The lowest BCUT2D eigenvalue weighted by atomic mass is 9.95. The average Bonchev–Trinajstić information content (AvgIpc) is 3.54. The highest BCUT2D eigenvalue weighted by atomic mass is 32.2. The number of thiophene rings is 1. The molecule has 2 aliphatic rings. The van der Waals surface area contributed by atoms with Gasteiger partial charge >= 0.3 is 0 Å². The Hall–Kier alpha value is -1.39. The summed E-state index contributed by atoms with van der Waals surface area (Å²) in [4.78, 5) is 16.4. The van der Waals surface area contributed by atoms with Gasteiger partial charge in [-0.25, -0.2) is 8.42 Å². The maximum Gasteiger partial charge on any atom is 0.233 e. The normalized spacial score (nSPS) is 21.8. The Balaban J connectivity index is 1.51. The molecule has 0 aromatic carbocycles. The minimum Gasteiger partial charge on any atom is -0.335 e. The van der Waals surface area contributed by atoms with Gasteiger partial charge in [-0.05, 0) is 44.1 Å². The van der Waals surface area contributed by atoms with Gasteiger partial charge in [0.15, 0.2) is 15.0 Å². The molecule has 3 heterocycles. The molecular weight excluding hydrogens is 476 g/mol. The Bertz CT molecular complexity index is 1030. The predicted molar refractivity (Wildman–Crippen MR) is 134 cm³/mol. The van der Waals surface area contributed by atoms with E-state index in [0.29, 0.717) is 12.5 Å². The maximum absolute atomic E-state index is 13.3. The number of rotatable bonds is 9. The fourth-order valence-corrected chi connectivity index (χ4v) is 8.31. The molecule has 0 bridgehead atoms. The number of amides is 1. The van der Waals surface area contributed by atoms with Crippen LogP contribution in [0.2, 0.25) is 0 Å². The monoisotopic (exact) mass is 510 g/mol. The second kappa shape index (κ2) is 10.9.